The Morgan fingerprint density at radius 2 is 1.71 bits per heavy atom. The number of amides is 3. The van der Waals surface area contributed by atoms with Gasteiger partial charge in [-0.15, -0.1) is 11.8 Å². The molecule has 0 radical (unpaired) electrons. The molecule has 1 aromatic rings. The third kappa shape index (κ3) is 8.85. The maximum absolute atomic E-state index is 13.2. The lowest BCUT2D eigenvalue weighted by atomic mass is 9.77. The molecule has 1 saturated carbocycles. The number of imide groups is 1. The van der Waals surface area contributed by atoms with Gasteiger partial charge in [0.25, 0.3) is 0 Å². The van der Waals surface area contributed by atoms with Crippen molar-refractivity contribution >= 4 is 35.3 Å². The fraction of sp³-hybridized carbons (Fsp3) is 0.667. The van der Waals surface area contributed by atoms with Crippen molar-refractivity contribution in [2.45, 2.75) is 90.4 Å². The minimum Gasteiger partial charge on any atom is -0.508 e. The summed E-state index contributed by atoms with van der Waals surface area (Å²) < 4.78 is 0. The first-order chi connectivity index (χ1) is 18.0. The van der Waals surface area contributed by atoms with Gasteiger partial charge in [-0.3, -0.25) is 24.1 Å². The molecule has 1 saturated heterocycles. The Morgan fingerprint density at radius 1 is 1.05 bits per heavy atom. The van der Waals surface area contributed by atoms with Crippen molar-refractivity contribution in [1.29, 1.82) is 0 Å². The normalized spacial score (nSPS) is 22.8. The SMILES string of the molecule is CC(C)CCSC1CC(=O)N(CC2CCC(C(=O)CC(Cc3ccc(O)cc3)C(=O)NC(C)C)CC2)C1=O. The lowest BCUT2D eigenvalue weighted by Gasteiger charge is -2.30. The molecule has 2 unspecified atom stereocenters. The Labute approximate surface area is 231 Å². The number of likely N-dealkylation sites (tertiary alicyclic amines) is 1. The van der Waals surface area contributed by atoms with Crippen LogP contribution in [-0.2, 0) is 25.6 Å². The molecule has 2 fully saturated rings. The second-order valence-corrected chi connectivity index (χ2v) is 13.0. The van der Waals surface area contributed by atoms with Crippen LogP contribution in [0.2, 0.25) is 0 Å². The van der Waals surface area contributed by atoms with Crippen LogP contribution in [0.3, 0.4) is 0 Å². The molecule has 210 valence electrons. The number of benzene rings is 1. The summed E-state index contributed by atoms with van der Waals surface area (Å²) >= 11 is 1.61. The first kappa shape index (κ1) is 30.2. The Balaban J connectivity index is 1.51. The number of hydrogen-bond donors (Lipinski definition) is 2. The maximum atomic E-state index is 13.2. The maximum Gasteiger partial charge on any atom is 0.242 e. The van der Waals surface area contributed by atoms with E-state index in [2.05, 4.69) is 19.2 Å². The van der Waals surface area contributed by atoms with Crippen LogP contribution in [0.25, 0.3) is 0 Å². The molecule has 0 bridgehead atoms. The largest absolute Gasteiger partial charge is 0.508 e. The van der Waals surface area contributed by atoms with Gasteiger partial charge in [-0.2, -0.15) is 0 Å². The number of Topliss-reactive ketones (excluding diaryl/α,β-unsaturated/α-hetero) is 1. The molecule has 2 N–H and O–H groups in total. The van der Waals surface area contributed by atoms with Gasteiger partial charge >= 0.3 is 0 Å². The van der Waals surface area contributed by atoms with E-state index in [0.717, 1.165) is 43.4 Å². The first-order valence-corrected chi connectivity index (χ1v) is 15.1. The summed E-state index contributed by atoms with van der Waals surface area (Å²) in [6.45, 7) is 8.58. The number of rotatable bonds is 13. The van der Waals surface area contributed by atoms with Gasteiger partial charge in [-0.05, 0) is 87.7 Å². The summed E-state index contributed by atoms with van der Waals surface area (Å²) in [7, 11) is 0. The van der Waals surface area contributed by atoms with Crippen LogP contribution >= 0.6 is 11.8 Å². The quantitative estimate of drug-likeness (QED) is 0.348. The van der Waals surface area contributed by atoms with Crippen LogP contribution < -0.4 is 5.32 Å². The number of ketones is 1. The van der Waals surface area contributed by atoms with Gasteiger partial charge in [0.1, 0.15) is 11.5 Å². The number of nitrogens with one attached hydrogen (secondary N) is 1. The topological polar surface area (TPSA) is 104 Å². The zero-order chi connectivity index (χ0) is 27.8. The highest BCUT2D eigenvalue weighted by Crippen LogP contribution is 2.34. The van der Waals surface area contributed by atoms with Gasteiger partial charge < -0.3 is 10.4 Å². The lowest BCUT2D eigenvalue weighted by molar-refractivity contribution is -0.139. The molecule has 7 nitrogen and oxygen atoms in total. The molecular weight excluding hydrogens is 500 g/mol. The number of carbonyl (C=O) groups excluding carboxylic acids is 4. The number of phenols is 1. The summed E-state index contributed by atoms with van der Waals surface area (Å²) in [4.78, 5) is 53.0. The van der Waals surface area contributed by atoms with Crippen LogP contribution in [0.4, 0.5) is 0 Å². The molecule has 0 spiro atoms. The van der Waals surface area contributed by atoms with Gasteiger partial charge in [0.2, 0.25) is 17.7 Å². The number of phenolic OH excluding ortho intramolecular Hbond substituents is 1. The third-order valence-corrected chi connectivity index (χ3v) is 8.87. The van der Waals surface area contributed by atoms with E-state index in [9.17, 15) is 24.3 Å². The van der Waals surface area contributed by atoms with Crippen LogP contribution in [0, 0.1) is 23.7 Å². The molecule has 38 heavy (non-hydrogen) atoms. The molecule has 1 aliphatic heterocycles. The molecular formula is C30H44N2O5S. The van der Waals surface area contributed by atoms with Gasteiger partial charge in [0.15, 0.2) is 0 Å². The molecule has 3 amide bonds. The second-order valence-electron chi connectivity index (χ2n) is 11.7. The first-order valence-electron chi connectivity index (χ1n) is 14.1. The monoisotopic (exact) mass is 544 g/mol. The van der Waals surface area contributed by atoms with E-state index in [1.54, 1.807) is 36.0 Å². The summed E-state index contributed by atoms with van der Waals surface area (Å²) in [5, 5.41) is 12.3. The fourth-order valence-corrected chi connectivity index (χ4v) is 6.75. The van der Waals surface area contributed by atoms with E-state index in [-0.39, 0.29) is 58.8 Å². The second kappa shape index (κ2) is 14.2. The van der Waals surface area contributed by atoms with Crippen LogP contribution in [0.1, 0.15) is 78.2 Å². The number of aromatic hydroxyl groups is 1. The Morgan fingerprint density at radius 3 is 2.32 bits per heavy atom. The number of carbonyl (C=O) groups is 4. The molecule has 2 atom stereocenters. The van der Waals surface area contributed by atoms with Crippen molar-refractivity contribution in [2.75, 3.05) is 12.3 Å². The fourth-order valence-electron chi connectivity index (χ4n) is 5.33. The number of hydrogen-bond acceptors (Lipinski definition) is 6. The standard InChI is InChI=1S/C30H44N2O5S/c1-19(2)13-14-38-27-17-28(35)32(30(27)37)18-22-5-9-23(10-6-22)26(34)16-24(29(36)31-20(3)4)15-21-7-11-25(33)12-8-21/h7-8,11-12,19-20,22-24,27,33H,5-6,9-10,13-18H2,1-4H3,(H,31,36). The van der Waals surface area contributed by atoms with Gasteiger partial charge in [-0.25, -0.2) is 0 Å². The van der Waals surface area contributed by atoms with Crippen molar-refractivity contribution in [3.8, 4) is 5.75 Å². The van der Waals surface area contributed by atoms with Crippen LogP contribution in [0.15, 0.2) is 24.3 Å². The molecule has 8 heteroatoms. The van der Waals surface area contributed by atoms with E-state index in [4.69, 9.17) is 0 Å². The molecule has 1 aromatic carbocycles. The Kier molecular flexibility index (Phi) is 11.2. The summed E-state index contributed by atoms with van der Waals surface area (Å²) in [6, 6.07) is 6.75. The lowest BCUT2D eigenvalue weighted by Crippen LogP contribution is -2.39. The summed E-state index contributed by atoms with van der Waals surface area (Å²) in [5.41, 5.74) is 0.906. The minimum atomic E-state index is -0.461. The minimum absolute atomic E-state index is 0.0143. The van der Waals surface area contributed by atoms with Crippen molar-refractivity contribution in [3.05, 3.63) is 29.8 Å². The third-order valence-electron chi connectivity index (χ3n) is 7.63. The number of nitrogens with zero attached hydrogens (tertiary/aromatic N) is 1. The highest BCUT2D eigenvalue weighted by molar-refractivity contribution is 8.00. The van der Waals surface area contributed by atoms with E-state index >= 15 is 0 Å². The summed E-state index contributed by atoms with van der Waals surface area (Å²) in [5.74, 6) is 1.19. The molecule has 2 aliphatic rings. The van der Waals surface area contributed by atoms with Crippen molar-refractivity contribution < 1.29 is 24.3 Å². The highest BCUT2D eigenvalue weighted by Gasteiger charge is 2.40. The molecule has 3 rings (SSSR count). The average Bonchev–Trinajstić information content (AvgIpc) is 3.12. The zero-order valence-corrected chi connectivity index (χ0v) is 24.1. The molecule has 0 aromatic heterocycles. The predicted molar refractivity (Wildman–Crippen MR) is 151 cm³/mol. The smallest absolute Gasteiger partial charge is 0.242 e. The molecule has 1 aliphatic carbocycles. The predicted octanol–water partition coefficient (Wildman–Crippen LogP) is 4.75. The average molecular weight is 545 g/mol. The van der Waals surface area contributed by atoms with E-state index in [1.807, 2.05) is 13.8 Å². The van der Waals surface area contributed by atoms with Crippen LogP contribution in [0.5, 0.6) is 5.75 Å². The van der Waals surface area contributed by atoms with Gasteiger partial charge in [-0.1, -0.05) is 26.0 Å². The van der Waals surface area contributed by atoms with Crippen molar-refractivity contribution in [3.63, 3.8) is 0 Å². The van der Waals surface area contributed by atoms with Gasteiger partial charge in [0, 0.05) is 37.3 Å². The van der Waals surface area contributed by atoms with E-state index in [0.29, 0.717) is 25.3 Å². The highest BCUT2D eigenvalue weighted by atomic mass is 32.2. The zero-order valence-electron chi connectivity index (χ0n) is 23.3. The van der Waals surface area contributed by atoms with E-state index < -0.39 is 5.92 Å². The van der Waals surface area contributed by atoms with Crippen LogP contribution in [-0.4, -0.2) is 57.1 Å². The van der Waals surface area contributed by atoms with Crippen molar-refractivity contribution in [2.24, 2.45) is 23.7 Å². The van der Waals surface area contributed by atoms with Gasteiger partial charge in [0.05, 0.1) is 5.25 Å². The number of thioether (sulfide) groups is 1. The Hall–Kier alpha value is -2.35. The summed E-state index contributed by atoms with van der Waals surface area (Å²) in [6.07, 6.45) is 5.03. The Bertz CT molecular complexity index is 969. The van der Waals surface area contributed by atoms with Crippen molar-refractivity contribution in [1.82, 2.24) is 10.2 Å². The molecule has 1 heterocycles. The van der Waals surface area contributed by atoms with E-state index in [1.165, 1.54) is 4.90 Å².